The van der Waals surface area contributed by atoms with E-state index in [4.69, 9.17) is 10.00 Å². The van der Waals surface area contributed by atoms with Crippen molar-refractivity contribution in [2.75, 3.05) is 20.7 Å². The summed E-state index contributed by atoms with van der Waals surface area (Å²) in [7, 11) is 3.39. The Labute approximate surface area is 127 Å². The summed E-state index contributed by atoms with van der Waals surface area (Å²) in [6.07, 6.45) is 2.08. The lowest BCUT2D eigenvalue weighted by Gasteiger charge is -2.20. The zero-order chi connectivity index (χ0) is 14.8. The maximum Gasteiger partial charge on any atom is 0.242 e. The van der Waals surface area contributed by atoms with Crippen molar-refractivity contribution < 1.29 is 9.53 Å². The fourth-order valence-electron chi connectivity index (χ4n) is 2.20. The maximum absolute atomic E-state index is 12.2. The van der Waals surface area contributed by atoms with Crippen LogP contribution in [0.2, 0.25) is 0 Å². The first-order valence-electron chi connectivity index (χ1n) is 6.51. The molecule has 0 spiro atoms. The fraction of sp³-hybridized carbons (Fsp3) is 0.467. The Balaban J connectivity index is 2.00. The standard InChI is InChI=1S/C15H17BrN2O2/c1-18(14(19)15(10-17)6-7-15)8-5-11-9-12(16)3-4-13(11)20-2/h3-4,9H,5-8H2,1-2H3. The van der Waals surface area contributed by atoms with Crippen molar-refractivity contribution >= 4 is 21.8 Å². The second-order valence-electron chi connectivity index (χ2n) is 5.13. The molecule has 5 heteroatoms. The quantitative estimate of drug-likeness (QED) is 0.830. The normalized spacial score (nSPS) is 15.3. The van der Waals surface area contributed by atoms with Crippen molar-refractivity contribution in [1.82, 2.24) is 4.90 Å². The van der Waals surface area contributed by atoms with Gasteiger partial charge in [0.05, 0.1) is 13.2 Å². The van der Waals surface area contributed by atoms with Crippen LogP contribution < -0.4 is 4.74 Å². The van der Waals surface area contributed by atoms with Crippen LogP contribution in [-0.4, -0.2) is 31.5 Å². The molecule has 1 aromatic rings. The van der Waals surface area contributed by atoms with Crippen molar-refractivity contribution in [3.8, 4) is 11.8 Å². The summed E-state index contributed by atoms with van der Waals surface area (Å²) < 4.78 is 6.30. The van der Waals surface area contributed by atoms with Gasteiger partial charge in [-0.05, 0) is 43.0 Å². The number of likely N-dealkylation sites (N-methyl/N-ethyl adjacent to an activating group) is 1. The molecular formula is C15H17BrN2O2. The Morgan fingerprint density at radius 2 is 2.25 bits per heavy atom. The molecule has 0 atom stereocenters. The van der Waals surface area contributed by atoms with E-state index in [0.29, 0.717) is 25.8 Å². The van der Waals surface area contributed by atoms with Gasteiger partial charge in [-0.2, -0.15) is 5.26 Å². The minimum atomic E-state index is -0.740. The van der Waals surface area contributed by atoms with Crippen molar-refractivity contribution in [1.29, 1.82) is 5.26 Å². The van der Waals surface area contributed by atoms with Crippen LogP contribution in [0.4, 0.5) is 0 Å². The van der Waals surface area contributed by atoms with Crippen LogP contribution in [0, 0.1) is 16.7 Å². The van der Waals surface area contributed by atoms with E-state index in [2.05, 4.69) is 22.0 Å². The molecule has 0 radical (unpaired) electrons. The van der Waals surface area contributed by atoms with E-state index in [0.717, 1.165) is 15.8 Å². The molecule has 2 rings (SSSR count). The average Bonchev–Trinajstić information content (AvgIpc) is 3.25. The number of ether oxygens (including phenoxy) is 1. The minimum Gasteiger partial charge on any atom is -0.496 e. The van der Waals surface area contributed by atoms with Crippen LogP contribution in [-0.2, 0) is 11.2 Å². The second kappa shape index (κ2) is 5.84. The van der Waals surface area contributed by atoms with Gasteiger partial charge in [0.25, 0.3) is 0 Å². The van der Waals surface area contributed by atoms with Crippen molar-refractivity contribution in [3.05, 3.63) is 28.2 Å². The molecule has 1 amide bonds. The van der Waals surface area contributed by atoms with E-state index in [1.54, 1.807) is 19.1 Å². The first kappa shape index (κ1) is 14.9. The number of benzene rings is 1. The number of carbonyl (C=O) groups excluding carboxylic acids is 1. The van der Waals surface area contributed by atoms with Gasteiger partial charge in [0.2, 0.25) is 5.91 Å². The molecule has 0 aromatic heterocycles. The Morgan fingerprint density at radius 1 is 1.55 bits per heavy atom. The maximum atomic E-state index is 12.2. The van der Waals surface area contributed by atoms with Gasteiger partial charge in [0.1, 0.15) is 11.2 Å². The van der Waals surface area contributed by atoms with E-state index < -0.39 is 5.41 Å². The first-order valence-corrected chi connectivity index (χ1v) is 7.31. The van der Waals surface area contributed by atoms with Gasteiger partial charge < -0.3 is 9.64 Å². The number of methoxy groups -OCH3 is 1. The number of nitriles is 1. The topological polar surface area (TPSA) is 53.3 Å². The summed E-state index contributed by atoms with van der Waals surface area (Å²) in [5.74, 6) is 0.754. The third-order valence-electron chi connectivity index (χ3n) is 3.68. The summed E-state index contributed by atoms with van der Waals surface area (Å²) >= 11 is 3.44. The smallest absolute Gasteiger partial charge is 0.242 e. The molecule has 20 heavy (non-hydrogen) atoms. The van der Waals surface area contributed by atoms with Crippen LogP contribution in [0.1, 0.15) is 18.4 Å². The number of halogens is 1. The van der Waals surface area contributed by atoms with Gasteiger partial charge in [-0.1, -0.05) is 15.9 Å². The lowest BCUT2D eigenvalue weighted by atomic mass is 10.1. The average molecular weight is 337 g/mol. The molecule has 1 aromatic carbocycles. The highest BCUT2D eigenvalue weighted by Crippen LogP contribution is 2.46. The van der Waals surface area contributed by atoms with Crippen LogP contribution in [0.15, 0.2) is 22.7 Å². The molecular weight excluding hydrogens is 320 g/mol. The van der Waals surface area contributed by atoms with Gasteiger partial charge in [0, 0.05) is 18.1 Å². The summed E-state index contributed by atoms with van der Waals surface area (Å²) in [6, 6.07) is 7.96. The molecule has 4 nitrogen and oxygen atoms in total. The van der Waals surface area contributed by atoms with Crippen LogP contribution in [0.25, 0.3) is 0 Å². The summed E-state index contributed by atoms with van der Waals surface area (Å²) in [5, 5.41) is 9.06. The lowest BCUT2D eigenvalue weighted by molar-refractivity contribution is -0.133. The molecule has 1 fully saturated rings. The van der Waals surface area contributed by atoms with Crippen LogP contribution in [0.5, 0.6) is 5.75 Å². The zero-order valence-corrected chi connectivity index (χ0v) is 13.2. The first-order chi connectivity index (χ1) is 9.52. The molecule has 1 aliphatic rings. The van der Waals surface area contributed by atoms with E-state index in [-0.39, 0.29) is 5.91 Å². The summed E-state index contributed by atoms with van der Waals surface area (Å²) in [5.41, 5.74) is 0.305. The van der Waals surface area contributed by atoms with Gasteiger partial charge in [-0.25, -0.2) is 0 Å². The summed E-state index contributed by atoms with van der Waals surface area (Å²) in [6.45, 7) is 0.578. The molecule has 0 bridgehead atoms. The molecule has 0 heterocycles. The van der Waals surface area contributed by atoms with E-state index in [1.807, 2.05) is 18.2 Å². The molecule has 0 aliphatic heterocycles. The van der Waals surface area contributed by atoms with Gasteiger partial charge in [-0.15, -0.1) is 0 Å². The largest absolute Gasteiger partial charge is 0.496 e. The van der Waals surface area contributed by atoms with E-state index in [1.165, 1.54) is 0 Å². The van der Waals surface area contributed by atoms with E-state index in [9.17, 15) is 4.79 Å². The predicted molar refractivity (Wildman–Crippen MR) is 79.3 cm³/mol. The van der Waals surface area contributed by atoms with Crippen LogP contribution >= 0.6 is 15.9 Å². The van der Waals surface area contributed by atoms with Gasteiger partial charge in [0.15, 0.2) is 0 Å². The molecule has 0 N–H and O–H groups in total. The van der Waals surface area contributed by atoms with Crippen molar-refractivity contribution in [2.45, 2.75) is 19.3 Å². The predicted octanol–water partition coefficient (Wildman–Crippen LogP) is 2.76. The third kappa shape index (κ3) is 2.96. The minimum absolute atomic E-state index is 0.0611. The number of nitrogens with zero attached hydrogens (tertiary/aromatic N) is 2. The SMILES string of the molecule is COc1ccc(Br)cc1CCN(C)C(=O)C1(C#N)CC1. The van der Waals surface area contributed by atoms with Crippen molar-refractivity contribution in [2.24, 2.45) is 5.41 Å². The lowest BCUT2D eigenvalue weighted by Crippen LogP contribution is -2.35. The molecule has 106 valence electrons. The zero-order valence-electron chi connectivity index (χ0n) is 11.6. The Morgan fingerprint density at radius 3 is 2.80 bits per heavy atom. The highest BCUT2D eigenvalue weighted by atomic mass is 79.9. The molecule has 1 saturated carbocycles. The molecule has 0 unspecified atom stereocenters. The Kier molecular flexibility index (Phi) is 4.34. The fourth-order valence-corrected chi connectivity index (χ4v) is 2.60. The third-order valence-corrected chi connectivity index (χ3v) is 4.17. The molecule has 1 aliphatic carbocycles. The highest BCUT2D eigenvalue weighted by molar-refractivity contribution is 9.10. The number of rotatable bonds is 5. The number of hydrogen-bond donors (Lipinski definition) is 0. The van der Waals surface area contributed by atoms with Crippen molar-refractivity contribution in [3.63, 3.8) is 0 Å². The highest BCUT2D eigenvalue weighted by Gasteiger charge is 2.51. The Bertz CT molecular complexity index is 561. The van der Waals surface area contributed by atoms with Gasteiger partial charge >= 0.3 is 0 Å². The second-order valence-corrected chi connectivity index (χ2v) is 6.04. The van der Waals surface area contributed by atoms with E-state index >= 15 is 0 Å². The van der Waals surface area contributed by atoms with Crippen LogP contribution in [0.3, 0.4) is 0 Å². The number of carbonyl (C=O) groups is 1. The number of hydrogen-bond acceptors (Lipinski definition) is 3. The monoisotopic (exact) mass is 336 g/mol. The van der Waals surface area contributed by atoms with Gasteiger partial charge in [-0.3, -0.25) is 4.79 Å². The summed E-state index contributed by atoms with van der Waals surface area (Å²) in [4.78, 5) is 13.8. The number of amides is 1. The molecule has 0 saturated heterocycles. The Hall–Kier alpha value is -1.54.